The van der Waals surface area contributed by atoms with Crippen LogP contribution < -0.4 is 11.1 Å². The highest BCUT2D eigenvalue weighted by molar-refractivity contribution is 5.97. The van der Waals surface area contributed by atoms with Gasteiger partial charge in [-0.15, -0.1) is 0 Å². The number of amides is 1. The van der Waals surface area contributed by atoms with Crippen molar-refractivity contribution in [3.05, 3.63) is 35.1 Å². The Morgan fingerprint density at radius 1 is 1.42 bits per heavy atom. The third-order valence-corrected chi connectivity index (χ3v) is 3.24. The van der Waals surface area contributed by atoms with Crippen molar-refractivity contribution in [1.29, 1.82) is 0 Å². The van der Waals surface area contributed by atoms with Crippen molar-refractivity contribution in [2.75, 3.05) is 6.54 Å². The van der Waals surface area contributed by atoms with Crippen molar-refractivity contribution in [1.82, 2.24) is 5.32 Å². The molecule has 2 rings (SSSR count). The summed E-state index contributed by atoms with van der Waals surface area (Å²) in [5.41, 5.74) is 6.12. The van der Waals surface area contributed by atoms with Gasteiger partial charge in [-0.2, -0.15) is 0 Å². The molecule has 1 aromatic carbocycles. The summed E-state index contributed by atoms with van der Waals surface area (Å²) in [6, 6.07) is 4.24. The summed E-state index contributed by atoms with van der Waals surface area (Å²) < 4.78 is 13.3. The first kappa shape index (κ1) is 13.6. The molecule has 1 aromatic rings. The SMILES string of the molecule is NCC#Cc1ccc(F)cc1C(=O)NC1CCCC1. The smallest absolute Gasteiger partial charge is 0.252 e. The number of hydrogen-bond donors (Lipinski definition) is 2. The fourth-order valence-electron chi connectivity index (χ4n) is 2.29. The molecule has 0 aliphatic heterocycles. The molecule has 19 heavy (non-hydrogen) atoms. The van der Waals surface area contributed by atoms with Gasteiger partial charge in [-0.1, -0.05) is 24.7 Å². The minimum absolute atomic E-state index is 0.200. The van der Waals surface area contributed by atoms with Crippen LogP contribution in [0.2, 0.25) is 0 Å². The second-order valence-electron chi connectivity index (χ2n) is 4.65. The van der Waals surface area contributed by atoms with E-state index >= 15 is 0 Å². The zero-order valence-electron chi connectivity index (χ0n) is 10.7. The zero-order chi connectivity index (χ0) is 13.7. The first-order valence-corrected chi connectivity index (χ1v) is 6.50. The van der Waals surface area contributed by atoms with Crippen LogP contribution in [0, 0.1) is 17.7 Å². The quantitative estimate of drug-likeness (QED) is 0.797. The van der Waals surface area contributed by atoms with Crippen LogP contribution in [0.15, 0.2) is 18.2 Å². The minimum atomic E-state index is -0.435. The molecule has 0 aromatic heterocycles. The first-order valence-electron chi connectivity index (χ1n) is 6.50. The van der Waals surface area contributed by atoms with Gasteiger partial charge in [-0.3, -0.25) is 4.79 Å². The lowest BCUT2D eigenvalue weighted by Crippen LogP contribution is -2.33. The summed E-state index contributed by atoms with van der Waals surface area (Å²) in [6.07, 6.45) is 4.25. The van der Waals surface area contributed by atoms with Gasteiger partial charge in [0.2, 0.25) is 0 Å². The maximum absolute atomic E-state index is 13.3. The van der Waals surface area contributed by atoms with Crippen molar-refractivity contribution >= 4 is 5.91 Å². The maximum Gasteiger partial charge on any atom is 0.252 e. The summed E-state index contributed by atoms with van der Waals surface area (Å²) in [4.78, 5) is 12.2. The third-order valence-electron chi connectivity index (χ3n) is 3.24. The molecule has 100 valence electrons. The number of nitrogens with one attached hydrogen (secondary N) is 1. The molecule has 1 saturated carbocycles. The molecule has 0 heterocycles. The molecule has 0 unspecified atom stereocenters. The third kappa shape index (κ3) is 3.55. The standard InChI is InChI=1S/C15H17FN2O/c16-12-8-7-11(4-3-9-17)14(10-12)15(19)18-13-5-1-2-6-13/h7-8,10,13H,1-2,5-6,9,17H2,(H,18,19). The number of rotatable bonds is 2. The molecule has 0 saturated heterocycles. The number of hydrogen-bond acceptors (Lipinski definition) is 2. The van der Waals surface area contributed by atoms with E-state index < -0.39 is 5.82 Å². The number of carbonyl (C=O) groups excluding carboxylic acids is 1. The normalized spacial score (nSPS) is 14.8. The minimum Gasteiger partial charge on any atom is -0.349 e. The largest absolute Gasteiger partial charge is 0.349 e. The van der Waals surface area contributed by atoms with E-state index in [0.717, 1.165) is 25.7 Å². The van der Waals surface area contributed by atoms with Crippen LogP contribution in [0.1, 0.15) is 41.6 Å². The summed E-state index contributed by atoms with van der Waals surface area (Å²) in [7, 11) is 0. The summed E-state index contributed by atoms with van der Waals surface area (Å²) >= 11 is 0. The number of halogens is 1. The average molecular weight is 260 g/mol. The second kappa shape index (κ2) is 6.35. The van der Waals surface area contributed by atoms with Crippen molar-refractivity contribution < 1.29 is 9.18 Å². The highest BCUT2D eigenvalue weighted by atomic mass is 19.1. The van der Waals surface area contributed by atoms with Gasteiger partial charge in [0.15, 0.2) is 0 Å². The number of benzene rings is 1. The molecule has 0 spiro atoms. The van der Waals surface area contributed by atoms with Gasteiger partial charge in [0.05, 0.1) is 12.1 Å². The molecule has 3 N–H and O–H groups in total. The molecule has 1 aliphatic carbocycles. The maximum atomic E-state index is 13.3. The van der Waals surface area contributed by atoms with E-state index in [4.69, 9.17) is 5.73 Å². The highest BCUT2D eigenvalue weighted by Crippen LogP contribution is 2.19. The molecule has 0 atom stereocenters. The lowest BCUT2D eigenvalue weighted by atomic mass is 10.1. The predicted molar refractivity (Wildman–Crippen MR) is 72.1 cm³/mol. The molecule has 0 bridgehead atoms. The Balaban J connectivity index is 2.20. The van der Waals surface area contributed by atoms with Crippen LogP contribution in [-0.2, 0) is 0 Å². The van der Waals surface area contributed by atoms with Crippen LogP contribution in [0.4, 0.5) is 4.39 Å². The van der Waals surface area contributed by atoms with Crippen LogP contribution >= 0.6 is 0 Å². The molecular formula is C15H17FN2O. The fourth-order valence-corrected chi connectivity index (χ4v) is 2.29. The Bertz CT molecular complexity index is 525. The van der Waals surface area contributed by atoms with Gasteiger partial charge in [0.1, 0.15) is 5.82 Å². The Hall–Kier alpha value is -1.86. The van der Waals surface area contributed by atoms with Crippen LogP contribution in [0.25, 0.3) is 0 Å². The lowest BCUT2D eigenvalue weighted by Gasteiger charge is -2.12. The Morgan fingerprint density at radius 2 is 2.16 bits per heavy atom. The van der Waals surface area contributed by atoms with Crippen LogP contribution in [-0.4, -0.2) is 18.5 Å². The van der Waals surface area contributed by atoms with Crippen molar-refractivity contribution in [2.45, 2.75) is 31.7 Å². The van der Waals surface area contributed by atoms with Crippen molar-refractivity contribution in [3.63, 3.8) is 0 Å². The molecule has 1 aliphatic rings. The fraction of sp³-hybridized carbons (Fsp3) is 0.400. The molecule has 4 heteroatoms. The Labute approximate surface area is 112 Å². The van der Waals surface area contributed by atoms with Crippen LogP contribution in [0.3, 0.4) is 0 Å². The lowest BCUT2D eigenvalue weighted by molar-refractivity contribution is 0.0937. The van der Waals surface area contributed by atoms with E-state index in [-0.39, 0.29) is 24.1 Å². The van der Waals surface area contributed by atoms with E-state index in [1.54, 1.807) is 0 Å². The molecule has 3 nitrogen and oxygen atoms in total. The second-order valence-corrected chi connectivity index (χ2v) is 4.65. The van der Waals surface area contributed by atoms with E-state index in [2.05, 4.69) is 17.2 Å². The molecule has 1 fully saturated rings. The van der Waals surface area contributed by atoms with Gasteiger partial charge in [0, 0.05) is 11.6 Å². The molecular weight excluding hydrogens is 243 g/mol. The summed E-state index contributed by atoms with van der Waals surface area (Å²) in [5.74, 6) is 4.80. The molecule has 0 radical (unpaired) electrons. The van der Waals surface area contributed by atoms with E-state index in [9.17, 15) is 9.18 Å². The number of carbonyl (C=O) groups is 1. The highest BCUT2D eigenvalue weighted by Gasteiger charge is 2.19. The van der Waals surface area contributed by atoms with Gasteiger partial charge in [0.25, 0.3) is 5.91 Å². The van der Waals surface area contributed by atoms with E-state index in [1.165, 1.54) is 18.2 Å². The zero-order valence-corrected chi connectivity index (χ0v) is 10.7. The Kier molecular flexibility index (Phi) is 4.53. The summed E-state index contributed by atoms with van der Waals surface area (Å²) in [5, 5.41) is 2.93. The van der Waals surface area contributed by atoms with Gasteiger partial charge in [-0.25, -0.2) is 4.39 Å². The van der Waals surface area contributed by atoms with Gasteiger partial charge >= 0.3 is 0 Å². The van der Waals surface area contributed by atoms with Gasteiger partial charge in [-0.05, 0) is 31.0 Å². The topological polar surface area (TPSA) is 55.1 Å². The van der Waals surface area contributed by atoms with Crippen LogP contribution in [0.5, 0.6) is 0 Å². The van der Waals surface area contributed by atoms with Crippen molar-refractivity contribution in [2.24, 2.45) is 5.73 Å². The van der Waals surface area contributed by atoms with E-state index in [1.807, 2.05) is 0 Å². The van der Waals surface area contributed by atoms with Crippen molar-refractivity contribution in [3.8, 4) is 11.8 Å². The van der Waals surface area contributed by atoms with Gasteiger partial charge < -0.3 is 11.1 Å². The monoisotopic (exact) mass is 260 g/mol. The van der Waals surface area contributed by atoms with E-state index in [0.29, 0.717) is 5.56 Å². The summed E-state index contributed by atoms with van der Waals surface area (Å²) in [6.45, 7) is 0.209. The first-order chi connectivity index (χ1) is 9.20. The Morgan fingerprint density at radius 3 is 2.84 bits per heavy atom. The number of nitrogens with two attached hydrogens (primary N) is 1. The molecule has 1 amide bonds. The average Bonchev–Trinajstić information content (AvgIpc) is 2.90. The predicted octanol–water partition coefficient (Wildman–Crippen LogP) is 1.81.